The van der Waals surface area contributed by atoms with Gasteiger partial charge in [0.15, 0.2) is 0 Å². The van der Waals surface area contributed by atoms with Crippen molar-refractivity contribution in [3.63, 3.8) is 0 Å². The van der Waals surface area contributed by atoms with Crippen molar-refractivity contribution in [3.05, 3.63) is 29.8 Å². The molecule has 2 nitrogen and oxygen atoms in total. The number of nitrogens with one attached hydrogen (secondary N) is 1. The van der Waals surface area contributed by atoms with Crippen LogP contribution < -0.4 is 10.1 Å². The molecule has 108 valence electrons. The number of benzene rings is 1. The van der Waals surface area contributed by atoms with Crippen LogP contribution in [0, 0.1) is 5.92 Å². The van der Waals surface area contributed by atoms with E-state index >= 15 is 0 Å². The van der Waals surface area contributed by atoms with Gasteiger partial charge < -0.3 is 10.1 Å². The largest absolute Gasteiger partial charge is 0.494 e. The van der Waals surface area contributed by atoms with Gasteiger partial charge in [0.1, 0.15) is 5.75 Å². The Labute approximate surface area is 118 Å². The summed E-state index contributed by atoms with van der Waals surface area (Å²) in [6, 6.07) is 8.46. The highest BCUT2D eigenvalue weighted by molar-refractivity contribution is 5.31. The normalized spacial score (nSPS) is 11.9. The Hall–Kier alpha value is -1.02. The molecular formula is C17H29NO. The Balaban J connectivity index is 2.23. The van der Waals surface area contributed by atoms with Gasteiger partial charge in [-0.2, -0.15) is 0 Å². The smallest absolute Gasteiger partial charge is 0.119 e. The highest BCUT2D eigenvalue weighted by Crippen LogP contribution is 2.24. The minimum absolute atomic E-state index is 0.208. The summed E-state index contributed by atoms with van der Waals surface area (Å²) in [6.07, 6.45) is 1.05. The average Bonchev–Trinajstić information content (AvgIpc) is 2.32. The van der Waals surface area contributed by atoms with Crippen molar-refractivity contribution in [3.8, 4) is 5.75 Å². The van der Waals surface area contributed by atoms with E-state index in [0.29, 0.717) is 5.92 Å². The summed E-state index contributed by atoms with van der Waals surface area (Å²) in [7, 11) is 0. The summed E-state index contributed by atoms with van der Waals surface area (Å²) in [5, 5.41) is 3.42. The van der Waals surface area contributed by atoms with Gasteiger partial charge in [-0.15, -0.1) is 0 Å². The molecule has 0 spiro atoms. The van der Waals surface area contributed by atoms with Crippen molar-refractivity contribution in [1.29, 1.82) is 0 Å². The molecule has 19 heavy (non-hydrogen) atoms. The molecule has 0 saturated heterocycles. The molecule has 2 heteroatoms. The third kappa shape index (κ3) is 6.63. The molecule has 0 aliphatic heterocycles. The van der Waals surface area contributed by atoms with E-state index in [1.807, 2.05) is 0 Å². The first-order chi connectivity index (χ1) is 8.89. The molecule has 0 radical (unpaired) electrons. The molecule has 0 aromatic heterocycles. The maximum atomic E-state index is 5.74. The molecule has 0 bridgehead atoms. The number of rotatable bonds is 7. The molecule has 1 rings (SSSR count). The number of hydrogen-bond donors (Lipinski definition) is 1. The predicted molar refractivity (Wildman–Crippen MR) is 83.0 cm³/mol. The molecule has 0 unspecified atom stereocenters. The van der Waals surface area contributed by atoms with E-state index in [1.165, 1.54) is 5.56 Å². The second kappa shape index (κ2) is 7.54. The van der Waals surface area contributed by atoms with E-state index in [4.69, 9.17) is 4.74 Å². The summed E-state index contributed by atoms with van der Waals surface area (Å²) in [6.45, 7) is 14.0. The van der Waals surface area contributed by atoms with Gasteiger partial charge >= 0.3 is 0 Å². The van der Waals surface area contributed by atoms with E-state index in [9.17, 15) is 0 Å². The zero-order valence-electron chi connectivity index (χ0n) is 13.1. The van der Waals surface area contributed by atoms with E-state index < -0.39 is 0 Å². The summed E-state index contributed by atoms with van der Waals surface area (Å²) in [4.78, 5) is 0. The van der Waals surface area contributed by atoms with E-state index in [0.717, 1.165) is 31.9 Å². The average molecular weight is 263 g/mol. The molecule has 1 N–H and O–H groups in total. The van der Waals surface area contributed by atoms with Crippen LogP contribution in [0.5, 0.6) is 5.75 Å². The lowest BCUT2D eigenvalue weighted by molar-refractivity contribution is 0.307. The minimum Gasteiger partial charge on any atom is -0.494 e. The van der Waals surface area contributed by atoms with Gasteiger partial charge in [-0.05, 0) is 48.5 Å². The van der Waals surface area contributed by atoms with Crippen LogP contribution in [0.4, 0.5) is 0 Å². The number of ether oxygens (including phenoxy) is 1. The summed E-state index contributed by atoms with van der Waals surface area (Å²) < 4.78 is 5.74. The maximum absolute atomic E-state index is 5.74. The lowest BCUT2D eigenvalue weighted by atomic mass is 9.87. The van der Waals surface area contributed by atoms with E-state index in [2.05, 4.69) is 64.2 Å². The molecule has 0 atom stereocenters. The quantitative estimate of drug-likeness (QED) is 0.751. The third-order valence-electron chi connectivity index (χ3n) is 3.04. The Kier molecular flexibility index (Phi) is 6.36. The first-order valence-electron chi connectivity index (χ1n) is 7.33. The van der Waals surface area contributed by atoms with E-state index in [-0.39, 0.29) is 5.41 Å². The topological polar surface area (TPSA) is 21.3 Å². The van der Waals surface area contributed by atoms with Gasteiger partial charge in [0.2, 0.25) is 0 Å². The molecule has 0 aliphatic carbocycles. The highest BCUT2D eigenvalue weighted by atomic mass is 16.5. The Morgan fingerprint density at radius 3 is 2.26 bits per heavy atom. The first kappa shape index (κ1) is 16.0. The van der Waals surface area contributed by atoms with Gasteiger partial charge in [0.25, 0.3) is 0 Å². The van der Waals surface area contributed by atoms with Crippen molar-refractivity contribution in [1.82, 2.24) is 5.32 Å². The van der Waals surface area contributed by atoms with E-state index in [1.54, 1.807) is 0 Å². The molecule has 1 aromatic carbocycles. The fourth-order valence-corrected chi connectivity index (χ4v) is 1.83. The molecular weight excluding hydrogens is 234 g/mol. The summed E-state index contributed by atoms with van der Waals surface area (Å²) in [5.74, 6) is 1.68. The molecule has 0 fully saturated rings. The Morgan fingerprint density at radius 1 is 1.11 bits per heavy atom. The van der Waals surface area contributed by atoms with Crippen LogP contribution >= 0.6 is 0 Å². The van der Waals surface area contributed by atoms with Gasteiger partial charge in [-0.1, -0.05) is 46.8 Å². The van der Waals surface area contributed by atoms with Crippen LogP contribution in [-0.2, 0) is 5.41 Å². The van der Waals surface area contributed by atoms with Crippen molar-refractivity contribution in [2.75, 3.05) is 19.7 Å². The maximum Gasteiger partial charge on any atom is 0.119 e. The zero-order valence-corrected chi connectivity index (χ0v) is 13.1. The van der Waals surface area contributed by atoms with Crippen molar-refractivity contribution < 1.29 is 4.74 Å². The van der Waals surface area contributed by atoms with Gasteiger partial charge in [-0.3, -0.25) is 0 Å². The Morgan fingerprint density at radius 2 is 1.74 bits per heavy atom. The predicted octanol–water partition coefficient (Wildman–Crippen LogP) is 4.00. The van der Waals surface area contributed by atoms with Crippen LogP contribution in [0.15, 0.2) is 24.3 Å². The molecule has 0 saturated carbocycles. The van der Waals surface area contributed by atoms with Crippen LogP contribution in [-0.4, -0.2) is 19.7 Å². The third-order valence-corrected chi connectivity index (χ3v) is 3.04. The fourth-order valence-electron chi connectivity index (χ4n) is 1.83. The lowest BCUT2D eigenvalue weighted by Crippen LogP contribution is -2.22. The van der Waals surface area contributed by atoms with Crippen LogP contribution in [0.1, 0.15) is 46.6 Å². The molecule has 0 amide bonds. The van der Waals surface area contributed by atoms with Crippen LogP contribution in [0.3, 0.4) is 0 Å². The monoisotopic (exact) mass is 263 g/mol. The summed E-state index contributed by atoms with van der Waals surface area (Å²) >= 11 is 0. The van der Waals surface area contributed by atoms with Crippen molar-refractivity contribution >= 4 is 0 Å². The Bertz CT molecular complexity index is 349. The molecule has 0 heterocycles. The zero-order chi connectivity index (χ0) is 14.3. The number of hydrogen-bond acceptors (Lipinski definition) is 2. The molecule has 1 aromatic rings. The second-order valence-electron chi connectivity index (χ2n) is 6.57. The fraction of sp³-hybridized carbons (Fsp3) is 0.647. The van der Waals surface area contributed by atoms with Gasteiger partial charge in [-0.25, -0.2) is 0 Å². The lowest BCUT2D eigenvalue weighted by Gasteiger charge is -2.19. The SMILES string of the molecule is CC(C)CNCCCOc1ccc(C(C)(C)C)cc1. The van der Waals surface area contributed by atoms with Crippen molar-refractivity contribution in [2.45, 2.75) is 46.5 Å². The van der Waals surface area contributed by atoms with Crippen molar-refractivity contribution in [2.24, 2.45) is 5.92 Å². The minimum atomic E-state index is 0.208. The van der Waals surface area contributed by atoms with Crippen LogP contribution in [0.2, 0.25) is 0 Å². The highest BCUT2D eigenvalue weighted by Gasteiger charge is 2.12. The standard InChI is InChI=1S/C17H29NO/c1-14(2)13-18-11-6-12-19-16-9-7-15(8-10-16)17(3,4)5/h7-10,14,18H,6,11-13H2,1-5H3. The second-order valence-corrected chi connectivity index (χ2v) is 6.57. The van der Waals surface area contributed by atoms with Crippen LogP contribution in [0.25, 0.3) is 0 Å². The first-order valence-corrected chi connectivity index (χ1v) is 7.33. The van der Waals surface area contributed by atoms with Gasteiger partial charge in [0, 0.05) is 0 Å². The van der Waals surface area contributed by atoms with Gasteiger partial charge in [0.05, 0.1) is 6.61 Å². The summed E-state index contributed by atoms with van der Waals surface area (Å²) in [5.41, 5.74) is 1.55. The molecule has 0 aliphatic rings.